The molecule has 0 N–H and O–H groups in total. The molecule has 0 bridgehead atoms. The van der Waals surface area contributed by atoms with E-state index in [1.165, 1.54) is 0 Å². The molecule has 42 heavy (non-hydrogen) atoms. The van der Waals surface area contributed by atoms with E-state index in [1.807, 2.05) is 97.1 Å². The van der Waals surface area contributed by atoms with E-state index in [9.17, 15) is 0 Å². The van der Waals surface area contributed by atoms with E-state index in [0.717, 1.165) is 27.5 Å². The molecule has 2 aromatic heterocycles. The smallest absolute Gasteiger partial charge is 0.164 e. The summed E-state index contributed by atoms with van der Waals surface area (Å²) in [7, 11) is 31.3. The molecule has 7 aromatic rings. The quantitative estimate of drug-likeness (QED) is 0.332. The molecule has 0 aliphatic rings. The minimum absolute atomic E-state index is 0.158. The van der Waals surface area contributed by atoms with Crippen LogP contribution in [0.3, 0.4) is 0 Å². The molecule has 0 spiro atoms. The van der Waals surface area contributed by atoms with Gasteiger partial charge >= 0.3 is 0 Å². The van der Waals surface area contributed by atoms with Gasteiger partial charge in [0, 0.05) is 33.0 Å². The Bertz CT molecular complexity index is 2060. The predicted octanol–water partition coefficient (Wildman–Crippen LogP) is 2.41. The lowest BCUT2D eigenvalue weighted by Crippen LogP contribution is -2.55. The maximum atomic E-state index is 6.45. The van der Waals surface area contributed by atoms with Crippen molar-refractivity contribution in [3.05, 3.63) is 97.1 Å². The number of benzene rings is 5. The van der Waals surface area contributed by atoms with Gasteiger partial charge in [-0.15, -0.1) is 16.4 Å². The zero-order valence-electron chi connectivity index (χ0n) is 22.4. The number of fused-ring (bicyclic) bond motifs is 3. The van der Waals surface area contributed by atoms with Crippen molar-refractivity contribution >= 4 is 88.5 Å². The zero-order valence-corrected chi connectivity index (χ0v) is 22.4. The molecule has 0 fully saturated rings. The topological polar surface area (TPSA) is 51.8 Å². The Hall–Kier alpha value is -4.77. The maximum absolute atomic E-state index is 6.45. The maximum Gasteiger partial charge on any atom is 0.164 e. The average Bonchev–Trinajstić information content (AvgIpc) is 3.43. The molecule has 4 nitrogen and oxygen atoms in total. The first-order chi connectivity index (χ1) is 20.4. The summed E-state index contributed by atoms with van der Waals surface area (Å²) in [4.78, 5) is 14.7. The van der Waals surface area contributed by atoms with E-state index in [2.05, 4.69) is 0 Å². The number of nitrogens with zero attached hydrogens (tertiary/aromatic N) is 3. The Labute approximate surface area is 249 Å². The molecule has 0 atom stereocenters. The lowest BCUT2D eigenvalue weighted by Gasteiger charge is -2.21. The lowest BCUT2D eigenvalue weighted by molar-refractivity contribution is 0.670. The monoisotopic (exact) mass is 525 g/mol. The van der Waals surface area contributed by atoms with Crippen molar-refractivity contribution < 1.29 is 4.42 Å². The van der Waals surface area contributed by atoms with Gasteiger partial charge in [0.2, 0.25) is 0 Å². The number of hydrogen-bond donors (Lipinski definition) is 0. The Balaban J connectivity index is 1.51. The summed E-state index contributed by atoms with van der Waals surface area (Å²) in [5, 5.41) is 1.67. The highest BCUT2D eigenvalue weighted by molar-refractivity contribution is 6.68. The van der Waals surface area contributed by atoms with Gasteiger partial charge in [-0.3, -0.25) is 0 Å². The summed E-state index contributed by atoms with van der Waals surface area (Å²) in [5.74, 6) is 1.65. The molecule has 9 heteroatoms. The average molecular weight is 525 g/mol. The third kappa shape index (κ3) is 4.19. The van der Waals surface area contributed by atoms with Crippen molar-refractivity contribution in [2.24, 2.45) is 0 Å². The first-order valence-corrected chi connectivity index (χ1v) is 13.3. The first-order valence-electron chi connectivity index (χ1n) is 13.3. The van der Waals surface area contributed by atoms with Crippen molar-refractivity contribution in [2.75, 3.05) is 0 Å². The van der Waals surface area contributed by atoms with Crippen molar-refractivity contribution in [2.45, 2.75) is 0 Å². The van der Waals surface area contributed by atoms with E-state index in [1.54, 1.807) is 0 Å². The van der Waals surface area contributed by atoms with Crippen LogP contribution in [0.1, 0.15) is 0 Å². The van der Waals surface area contributed by atoms with E-state index in [4.69, 9.17) is 58.6 Å². The fraction of sp³-hybridized carbons (Fsp3) is 0. The second kappa shape index (κ2) is 10.3. The fourth-order valence-electron chi connectivity index (χ4n) is 5.30. The van der Waals surface area contributed by atoms with Crippen LogP contribution in [0.2, 0.25) is 0 Å². The number of rotatable bonds is 4. The van der Waals surface area contributed by atoms with E-state index in [0.29, 0.717) is 39.8 Å². The van der Waals surface area contributed by atoms with Crippen LogP contribution < -0.4 is 27.3 Å². The number of aromatic nitrogens is 3. The molecule has 0 aliphatic carbocycles. The van der Waals surface area contributed by atoms with Gasteiger partial charge in [-0.25, -0.2) is 15.0 Å². The molecule has 0 amide bonds. The molecule has 0 unspecified atom stereocenters. The van der Waals surface area contributed by atoms with Gasteiger partial charge in [0.25, 0.3) is 0 Å². The van der Waals surface area contributed by atoms with Crippen LogP contribution in [0.5, 0.6) is 0 Å². The summed E-state index contributed by atoms with van der Waals surface area (Å²) in [6.07, 6.45) is 0. The van der Waals surface area contributed by atoms with Crippen LogP contribution >= 0.6 is 0 Å². The Morgan fingerprint density at radius 3 is 1.55 bits per heavy atom. The Morgan fingerprint density at radius 1 is 0.452 bits per heavy atom. The lowest BCUT2D eigenvalue weighted by atomic mass is 9.59. The number of para-hydroxylation sites is 1. The molecule has 0 saturated heterocycles. The van der Waals surface area contributed by atoms with Gasteiger partial charge in [-0.1, -0.05) is 102 Å². The van der Waals surface area contributed by atoms with Crippen molar-refractivity contribution in [1.29, 1.82) is 0 Å². The molecule has 0 saturated carbocycles. The van der Waals surface area contributed by atoms with Crippen LogP contribution in [0.25, 0.3) is 67.2 Å². The molecule has 184 valence electrons. The van der Waals surface area contributed by atoms with Crippen LogP contribution in [-0.2, 0) is 0 Å². The van der Waals surface area contributed by atoms with Gasteiger partial charge in [0.05, 0.1) is 0 Å². The predicted molar refractivity (Wildman–Crippen MR) is 176 cm³/mol. The van der Waals surface area contributed by atoms with Crippen LogP contribution in [-0.4, -0.2) is 54.2 Å². The normalized spacial score (nSPS) is 11.3. The Morgan fingerprint density at radius 2 is 0.952 bits per heavy atom. The highest BCUT2D eigenvalue weighted by Crippen LogP contribution is 2.39. The first kappa shape index (κ1) is 26.2. The number of furan rings is 1. The van der Waals surface area contributed by atoms with Crippen molar-refractivity contribution in [3.63, 3.8) is 0 Å². The molecule has 7 rings (SSSR count). The molecular weight excluding hydrogens is 508 g/mol. The molecule has 5 aromatic carbocycles. The van der Waals surface area contributed by atoms with E-state index >= 15 is 0 Å². The summed E-state index contributed by atoms with van der Waals surface area (Å²) in [6.45, 7) is 0. The Kier molecular flexibility index (Phi) is 6.39. The summed E-state index contributed by atoms with van der Waals surface area (Å²) >= 11 is 0. The van der Waals surface area contributed by atoms with E-state index < -0.39 is 0 Å². The van der Waals surface area contributed by atoms with Gasteiger partial charge < -0.3 is 4.42 Å². The third-order valence-corrected chi connectivity index (χ3v) is 7.43. The van der Waals surface area contributed by atoms with Crippen molar-refractivity contribution in [1.82, 2.24) is 15.0 Å². The highest BCUT2D eigenvalue weighted by atomic mass is 16.3. The van der Waals surface area contributed by atoms with Crippen LogP contribution in [0.4, 0.5) is 0 Å². The number of hydrogen-bond acceptors (Lipinski definition) is 4. The standard InChI is InChI=1S/C33H16B5N3O/c34-25-24(26(35)28(37)29(38)27(25)36)20-14-7-13-19-23-21(15-8-16-22(23)42-30(19)20)33-40-31(17-9-3-1-4-10-17)39-32(41-33)18-11-5-2-6-12-18/h1-16H. The molecule has 0 aliphatic heterocycles. The zero-order chi connectivity index (χ0) is 29.0. The second-order valence-electron chi connectivity index (χ2n) is 9.94. The highest BCUT2D eigenvalue weighted by Gasteiger charge is 2.21. The summed E-state index contributed by atoms with van der Waals surface area (Å²) in [6, 6.07) is 31.2. The SMILES string of the molecule is [B]c1c([B])c([B])c(-c2cccc3c2oc2cccc(-c4nc(-c5ccccc5)nc(-c5ccccc5)n4)c23)c([B])c1[B]. The van der Waals surface area contributed by atoms with Gasteiger partial charge in [-0.05, 0) is 11.6 Å². The summed E-state index contributed by atoms with van der Waals surface area (Å²) in [5.41, 5.74) is 5.89. The van der Waals surface area contributed by atoms with Gasteiger partial charge in [0.1, 0.15) is 50.4 Å². The fourth-order valence-corrected chi connectivity index (χ4v) is 5.30. The summed E-state index contributed by atoms with van der Waals surface area (Å²) < 4.78 is 6.45. The third-order valence-electron chi connectivity index (χ3n) is 7.43. The molecule has 2 heterocycles. The molecule has 10 radical (unpaired) electrons. The minimum atomic E-state index is 0.158. The largest absolute Gasteiger partial charge is 0.455 e. The van der Waals surface area contributed by atoms with Crippen molar-refractivity contribution in [3.8, 4) is 45.3 Å². The molecular formula is C33H16B5N3O. The van der Waals surface area contributed by atoms with Gasteiger partial charge in [-0.2, -0.15) is 0 Å². The van der Waals surface area contributed by atoms with Crippen LogP contribution in [0, 0.1) is 0 Å². The van der Waals surface area contributed by atoms with Gasteiger partial charge in [0.15, 0.2) is 17.5 Å². The van der Waals surface area contributed by atoms with E-state index in [-0.39, 0.29) is 27.3 Å². The van der Waals surface area contributed by atoms with Crippen LogP contribution in [0.15, 0.2) is 101 Å². The minimum Gasteiger partial charge on any atom is -0.455 e. The second-order valence-corrected chi connectivity index (χ2v) is 9.94.